The summed E-state index contributed by atoms with van der Waals surface area (Å²) in [6.07, 6.45) is 0.809. The van der Waals surface area contributed by atoms with Gasteiger partial charge in [-0.05, 0) is 99.6 Å². The molecule has 1 aromatic heterocycles. The van der Waals surface area contributed by atoms with E-state index in [0.29, 0.717) is 23.1 Å². The minimum Gasteiger partial charge on any atom is -0.508 e. The Morgan fingerprint density at radius 3 is 1.22 bits per heavy atom. The largest absolute Gasteiger partial charge is 0.508 e. The molecule has 0 aliphatic carbocycles. The van der Waals surface area contributed by atoms with Gasteiger partial charge >= 0.3 is 11.9 Å². The number of rotatable bonds is 49. The van der Waals surface area contributed by atoms with Crippen LogP contribution in [0, 0.1) is 16.7 Å². The second-order valence-electron chi connectivity index (χ2n) is 26.2. The first-order chi connectivity index (χ1) is 51.8. The molecule has 0 bridgehead atoms. The maximum Gasteiger partial charge on any atom is 0.328 e. The van der Waals surface area contributed by atoms with Crippen molar-refractivity contribution in [2.45, 2.75) is 177 Å². The van der Waals surface area contributed by atoms with E-state index in [1.807, 2.05) is 0 Å². The van der Waals surface area contributed by atoms with Crippen molar-refractivity contribution in [1.29, 1.82) is 10.8 Å². The number of benzene rings is 3. The van der Waals surface area contributed by atoms with E-state index in [2.05, 4.69) is 79.1 Å². The van der Waals surface area contributed by atoms with Gasteiger partial charge in [0.15, 0.2) is 11.9 Å². The first kappa shape index (κ1) is 89.6. The van der Waals surface area contributed by atoms with Gasteiger partial charge in [-0.15, -0.1) is 0 Å². The number of hydrogen-bond acceptors (Lipinski definition) is 21. The fourth-order valence-corrected chi connectivity index (χ4v) is 10.9. The molecule has 0 unspecified atom stereocenters. The van der Waals surface area contributed by atoms with Crippen LogP contribution in [0.3, 0.4) is 0 Å². The van der Waals surface area contributed by atoms with Crippen molar-refractivity contribution in [2.24, 2.45) is 28.9 Å². The lowest BCUT2D eigenvalue weighted by molar-refractivity contribution is -0.143. The minimum atomic E-state index is -1.88. The Balaban J connectivity index is 1.63. The Morgan fingerprint density at radius 2 is 0.817 bits per heavy atom. The first-order valence-electron chi connectivity index (χ1n) is 35.3. The number of hydrogen-bond donors (Lipinski definition) is 25. The molecule has 1 heterocycles. The third-order valence-electron chi connectivity index (χ3n) is 16.7. The van der Waals surface area contributed by atoms with E-state index in [1.54, 1.807) is 74.5 Å². The van der Waals surface area contributed by atoms with Gasteiger partial charge in [0, 0.05) is 50.7 Å². The molecule has 11 amide bonds. The maximum absolute atomic E-state index is 14.7. The number of aliphatic hydroxyl groups is 2. The number of aromatic amines is 1. The number of carboxylic acid groups (broad SMARTS) is 2. The van der Waals surface area contributed by atoms with Gasteiger partial charge < -0.3 is 123 Å². The maximum atomic E-state index is 14.7. The van der Waals surface area contributed by atoms with Gasteiger partial charge in [0.2, 0.25) is 65.0 Å². The van der Waals surface area contributed by atoms with E-state index in [-0.39, 0.29) is 108 Å². The fraction of sp³-hybridized carbons (Fsp3) is 0.486. The molecule has 39 heteroatoms. The molecule has 4 aromatic rings. The molecule has 29 N–H and O–H groups in total. The van der Waals surface area contributed by atoms with E-state index in [0.717, 1.165) is 0 Å². The number of aliphatic carboxylic acids is 2. The van der Waals surface area contributed by atoms with Crippen LogP contribution in [-0.2, 0) is 88.0 Å². The molecule has 0 aliphatic rings. The molecule has 4 rings (SSSR count). The zero-order valence-electron chi connectivity index (χ0n) is 60.8. The quantitative estimate of drug-likeness (QED) is 0.0111. The summed E-state index contributed by atoms with van der Waals surface area (Å²) in [6.45, 7) is 2.79. The number of amides is 11. The monoisotopic (exact) mass is 1530 g/mol. The van der Waals surface area contributed by atoms with Gasteiger partial charge in [-0.2, -0.15) is 0 Å². The van der Waals surface area contributed by atoms with E-state index in [4.69, 9.17) is 33.8 Å². The number of carboxylic acids is 2. The van der Waals surface area contributed by atoms with E-state index in [1.165, 1.54) is 43.7 Å². The van der Waals surface area contributed by atoms with Crippen LogP contribution in [0.25, 0.3) is 0 Å². The standard InChI is InChI=1S/C70H103N21O18/c1-38(2)28-49(62(102)81-39(3)57(97)85-50(29-40-14-6-4-7-15-40)65(105)91-55(36-93)68(108)109)87-61(101)48(20-13-27-79-70(75)76)83-60(100)47(19-12-26-78-69(73)74)82-59(99)46(18-10-11-25-71)84-67(107)54(35-92)90-66(106)53(32-43-34-77-37-80-43)89-64(104)52(31-42-21-23-44(94)24-22-42)88-63(103)51(30-41-16-8-5-9-17-41)86-58(98)45(72)33-56(95)96/h4-9,14-17,21-24,34,37-39,45-55,92-94H,10-13,18-20,25-33,35-36,71-72H2,1-3H3,(H,77,80)(H,81,102)(H,82,99)(H,83,100)(H,84,107)(H,85,97)(H,86,98)(H,87,101)(H,88,103)(H,89,104)(H,90,106)(H,91,105)(H,95,96)(H,108,109)(H4,73,74,78)(H4,75,76,79)/t39-,45-,46-,47-,48-,49-,50-,51-,52-,53-,54-,55-/m0/s1. The summed E-state index contributed by atoms with van der Waals surface area (Å²) >= 11 is 0. The van der Waals surface area contributed by atoms with E-state index in [9.17, 15) is 87.9 Å². The predicted molar refractivity (Wildman–Crippen MR) is 394 cm³/mol. The molecular formula is C70H103N21O18. The average molecular weight is 1530 g/mol. The summed E-state index contributed by atoms with van der Waals surface area (Å²) in [5, 5.41) is 97.6. The highest BCUT2D eigenvalue weighted by Gasteiger charge is 2.37. The number of aromatic hydroxyl groups is 1. The number of H-pyrrole nitrogens is 1. The average Bonchev–Trinajstić information content (AvgIpc) is 1.50. The highest BCUT2D eigenvalue weighted by Crippen LogP contribution is 2.16. The summed E-state index contributed by atoms with van der Waals surface area (Å²) in [5.74, 6) is -15.1. The number of phenolic OH excluding ortho intramolecular Hbond substituents is 1. The Hall–Kier alpha value is -11.8. The molecule has 12 atom stereocenters. The number of aliphatic hydroxyl groups excluding tert-OH is 2. The number of unbranched alkanes of at least 4 members (excludes halogenated alkanes) is 1. The van der Waals surface area contributed by atoms with Crippen LogP contribution in [0.4, 0.5) is 0 Å². The molecule has 596 valence electrons. The van der Waals surface area contributed by atoms with Gasteiger partial charge in [0.25, 0.3) is 0 Å². The lowest BCUT2D eigenvalue weighted by Gasteiger charge is -2.28. The van der Waals surface area contributed by atoms with Crippen LogP contribution >= 0.6 is 0 Å². The Kier molecular flexibility index (Phi) is 38.6. The molecule has 0 fully saturated rings. The Labute approximate surface area is 628 Å². The highest BCUT2D eigenvalue weighted by atomic mass is 16.4. The SMILES string of the molecule is CC(C)C[C@H](NC(=O)[C@H](CCCNC(=N)N)NC(=O)[C@H](CCCNC(=N)N)NC(=O)[C@H](CCCCN)NC(=O)[C@H](CO)NC(=O)[C@H](Cc1cnc[nH]1)NC(=O)[C@H](Cc1ccc(O)cc1)NC(=O)[C@H](Cc1ccccc1)NC(=O)[C@@H](N)CC(=O)O)C(=O)N[C@@H](C)C(=O)N[C@@H](Cc1ccccc1)C(=O)N[C@@H](CO)C(=O)O. The van der Waals surface area contributed by atoms with Gasteiger partial charge in [-0.3, -0.25) is 68.4 Å². The van der Waals surface area contributed by atoms with Crippen LogP contribution in [-0.4, -0.2) is 230 Å². The van der Waals surface area contributed by atoms with Crippen molar-refractivity contribution in [2.75, 3.05) is 32.8 Å². The number of carbonyl (C=O) groups is 13. The minimum absolute atomic E-state index is 0.00645. The third-order valence-corrected chi connectivity index (χ3v) is 16.7. The topological polar surface area (TPSA) is 660 Å². The van der Waals surface area contributed by atoms with Crippen molar-refractivity contribution in [1.82, 2.24) is 79.1 Å². The number of guanidine groups is 2. The first-order valence-corrected chi connectivity index (χ1v) is 35.3. The van der Waals surface area contributed by atoms with Crippen molar-refractivity contribution in [3.8, 4) is 5.75 Å². The zero-order chi connectivity index (χ0) is 80.7. The second-order valence-corrected chi connectivity index (χ2v) is 26.2. The number of nitrogens with one attached hydrogen (secondary N) is 16. The lowest BCUT2D eigenvalue weighted by Crippen LogP contribution is -2.61. The van der Waals surface area contributed by atoms with Crippen LogP contribution in [0.15, 0.2) is 97.5 Å². The Morgan fingerprint density at radius 1 is 0.450 bits per heavy atom. The summed E-state index contributed by atoms with van der Waals surface area (Å²) in [7, 11) is 0. The van der Waals surface area contributed by atoms with E-state index >= 15 is 0 Å². The van der Waals surface area contributed by atoms with Crippen molar-refractivity contribution in [3.63, 3.8) is 0 Å². The van der Waals surface area contributed by atoms with Gasteiger partial charge in [-0.25, -0.2) is 9.78 Å². The molecular weight excluding hydrogens is 1420 g/mol. The zero-order valence-corrected chi connectivity index (χ0v) is 60.8. The van der Waals surface area contributed by atoms with Crippen LogP contribution in [0.5, 0.6) is 5.75 Å². The van der Waals surface area contributed by atoms with Crippen LogP contribution in [0.2, 0.25) is 0 Å². The van der Waals surface area contributed by atoms with Gasteiger partial charge in [0.1, 0.15) is 72.2 Å². The van der Waals surface area contributed by atoms with Crippen LogP contribution in [0.1, 0.15) is 101 Å². The van der Waals surface area contributed by atoms with Crippen molar-refractivity contribution >= 4 is 88.8 Å². The number of aromatic nitrogens is 2. The summed E-state index contributed by atoms with van der Waals surface area (Å²) in [5.41, 5.74) is 24.5. The molecule has 3 aromatic carbocycles. The van der Waals surface area contributed by atoms with Gasteiger partial charge in [-0.1, -0.05) is 86.6 Å². The van der Waals surface area contributed by atoms with Crippen molar-refractivity contribution < 1.29 is 87.9 Å². The van der Waals surface area contributed by atoms with E-state index < -0.39 is 181 Å². The smallest absolute Gasteiger partial charge is 0.328 e. The molecule has 0 saturated heterocycles. The molecule has 109 heavy (non-hydrogen) atoms. The molecule has 0 spiro atoms. The molecule has 0 aliphatic heterocycles. The predicted octanol–water partition coefficient (Wildman–Crippen LogP) is -5.69. The third kappa shape index (κ3) is 33.2. The fourth-order valence-electron chi connectivity index (χ4n) is 10.9. The Bertz CT molecular complexity index is 3670. The number of phenols is 1. The molecule has 0 saturated carbocycles. The summed E-state index contributed by atoms with van der Waals surface area (Å²) < 4.78 is 0. The number of imidazole rings is 1. The number of nitrogens with zero attached hydrogens (tertiary/aromatic N) is 1. The normalized spacial score (nSPS) is 14.3. The second kappa shape index (κ2) is 47.0. The highest BCUT2D eigenvalue weighted by molar-refractivity contribution is 6.00. The molecule has 0 radical (unpaired) electrons. The molecule has 39 nitrogen and oxygen atoms in total. The summed E-state index contributed by atoms with van der Waals surface area (Å²) in [6, 6.07) is 3.53. The van der Waals surface area contributed by atoms with Crippen LogP contribution < -0.4 is 92.1 Å². The number of nitrogens with two attached hydrogens (primary N) is 4. The van der Waals surface area contributed by atoms with Gasteiger partial charge in [0.05, 0.1) is 32.0 Å². The van der Waals surface area contributed by atoms with Crippen molar-refractivity contribution in [3.05, 3.63) is 120 Å². The lowest BCUT2D eigenvalue weighted by atomic mass is 10.0. The number of carbonyl (C=O) groups excluding carboxylic acids is 11. The summed E-state index contributed by atoms with van der Waals surface area (Å²) in [4.78, 5) is 187.